The first kappa shape index (κ1) is 13.2. The van der Waals surface area contributed by atoms with E-state index in [0.29, 0.717) is 4.90 Å². The molecule has 0 saturated carbocycles. The van der Waals surface area contributed by atoms with E-state index in [0.717, 1.165) is 30.5 Å². The van der Waals surface area contributed by atoms with Crippen molar-refractivity contribution in [3.8, 4) is 0 Å². The maximum absolute atomic E-state index is 12.4. The standard InChI is InChI=1S/C16H17NO2S/c18-20(19,14-9-2-1-3-10-14)17-16-12-6-8-13-7-4-5-11-15(13)16/h1-3,6,8-10,12,17H,4-5,7,11H2. The van der Waals surface area contributed by atoms with Crippen LogP contribution in [-0.2, 0) is 22.9 Å². The van der Waals surface area contributed by atoms with Gasteiger partial charge < -0.3 is 0 Å². The lowest BCUT2D eigenvalue weighted by Crippen LogP contribution is -2.16. The first-order valence-corrected chi connectivity index (χ1v) is 8.34. The van der Waals surface area contributed by atoms with Crippen molar-refractivity contribution in [2.24, 2.45) is 0 Å². The first-order chi connectivity index (χ1) is 9.67. The molecule has 0 fully saturated rings. The second kappa shape index (κ2) is 5.29. The predicted molar refractivity (Wildman–Crippen MR) is 80.3 cm³/mol. The molecule has 2 aromatic carbocycles. The third-order valence-corrected chi connectivity index (χ3v) is 5.08. The van der Waals surface area contributed by atoms with Crippen molar-refractivity contribution in [2.45, 2.75) is 30.6 Å². The van der Waals surface area contributed by atoms with E-state index in [-0.39, 0.29) is 0 Å². The molecule has 1 aliphatic rings. The van der Waals surface area contributed by atoms with Crippen molar-refractivity contribution < 1.29 is 8.42 Å². The Labute approximate surface area is 119 Å². The van der Waals surface area contributed by atoms with Crippen molar-refractivity contribution in [3.63, 3.8) is 0 Å². The zero-order valence-corrected chi connectivity index (χ0v) is 12.0. The van der Waals surface area contributed by atoms with Gasteiger partial charge >= 0.3 is 0 Å². The average molecular weight is 287 g/mol. The molecule has 0 heterocycles. The van der Waals surface area contributed by atoms with Crippen LogP contribution in [0.3, 0.4) is 0 Å². The zero-order chi connectivity index (χ0) is 14.0. The minimum absolute atomic E-state index is 0.299. The number of rotatable bonds is 3. The maximum Gasteiger partial charge on any atom is 0.261 e. The summed E-state index contributed by atoms with van der Waals surface area (Å²) in [5.74, 6) is 0. The highest BCUT2D eigenvalue weighted by Crippen LogP contribution is 2.29. The SMILES string of the molecule is O=S(=O)(Nc1cccc2c1CCCC2)c1ccccc1. The Balaban J connectivity index is 1.96. The highest BCUT2D eigenvalue weighted by atomic mass is 32.2. The number of benzene rings is 2. The van der Waals surface area contributed by atoms with Gasteiger partial charge in [-0.3, -0.25) is 4.72 Å². The topological polar surface area (TPSA) is 46.2 Å². The van der Waals surface area contributed by atoms with Crippen LogP contribution in [0.5, 0.6) is 0 Å². The summed E-state index contributed by atoms with van der Waals surface area (Å²) in [7, 11) is -3.50. The van der Waals surface area contributed by atoms with Crippen LogP contribution in [-0.4, -0.2) is 8.42 Å². The summed E-state index contributed by atoms with van der Waals surface area (Å²) in [6.45, 7) is 0. The van der Waals surface area contributed by atoms with E-state index in [2.05, 4.69) is 10.8 Å². The molecule has 20 heavy (non-hydrogen) atoms. The molecular formula is C16H17NO2S. The molecule has 0 amide bonds. The molecule has 0 aliphatic heterocycles. The summed E-state index contributed by atoms with van der Waals surface area (Å²) in [6, 6.07) is 14.4. The van der Waals surface area contributed by atoms with E-state index in [1.54, 1.807) is 24.3 Å². The number of sulfonamides is 1. The predicted octanol–water partition coefficient (Wildman–Crippen LogP) is 3.37. The molecule has 1 aliphatic carbocycles. The van der Waals surface area contributed by atoms with Crippen LogP contribution in [0.4, 0.5) is 5.69 Å². The number of hydrogen-bond acceptors (Lipinski definition) is 2. The average Bonchev–Trinajstić information content (AvgIpc) is 2.48. The molecule has 4 heteroatoms. The maximum atomic E-state index is 12.4. The lowest BCUT2D eigenvalue weighted by atomic mass is 9.91. The molecule has 3 rings (SSSR count). The smallest absolute Gasteiger partial charge is 0.261 e. The zero-order valence-electron chi connectivity index (χ0n) is 11.2. The van der Waals surface area contributed by atoms with Crippen LogP contribution in [0.1, 0.15) is 24.0 Å². The van der Waals surface area contributed by atoms with Crippen LogP contribution < -0.4 is 4.72 Å². The fourth-order valence-electron chi connectivity index (χ4n) is 2.68. The van der Waals surface area contributed by atoms with Gasteiger partial charge in [0.2, 0.25) is 0 Å². The highest BCUT2D eigenvalue weighted by Gasteiger charge is 2.18. The second-order valence-corrected chi connectivity index (χ2v) is 6.75. The van der Waals surface area contributed by atoms with Crippen molar-refractivity contribution in [1.82, 2.24) is 0 Å². The molecular weight excluding hydrogens is 270 g/mol. The van der Waals surface area contributed by atoms with Gasteiger partial charge in [0.1, 0.15) is 0 Å². The van der Waals surface area contributed by atoms with Crippen LogP contribution >= 0.6 is 0 Å². The number of anilines is 1. The van der Waals surface area contributed by atoms with Crippen molar-refractivity contribution >= 4 is 15.7 Å². The minimum Gasteiger partial charge on any atom is -0.279 e. The number of nitrogens with one attached hydrogen (secondary N) is 1. The summed E-state index contributed by atoms with van der Waals surface area (Å²) in [6.07, 6.45) is 4.29. The lowest BCUT2D eigenvalue weighted by Gasteiger charge is -2.20. The summed E-state index contributed by atoms with van der Waals surface area (Å²) in [5, 5.41) is 0. The van der Waals surface area contributed by atoms with Crippen molar-refractivity contribution in [1.29, 1.82) is 0 Å². The van der Waals surface area contributed by atoms with E-state index >= 15 is 0 Å². The molecule has 1 N–H and O–H groups in total. The Morgan fingerprint density at radius 3 is 2.40 bits per heavy atom. The number of fused-ring (bicyclic) bond motifs is 1. The minimum atomic E-state index is -3.50. The molecule has 0 aromatic heterocycles. The van der Waals surface area contributed by atoms with Gasteiger partial charge in [-0.25, -0.2) is 8.42 Å². The van der Waals surface area contributed by atoms with Gasteiger partial charge in [0, 0.05) is 0 Å². The van der Waals surface area contributed by atoms with E-state index in [9.17, 15) is 8.42 Å². The van der Waals surface area contributed by atoms with Crippen molar-refractivity contribution in [3.05, 3.63) is 59.7 Å². The van der Waals surface area contributed by atoms with E-state index in [4.69, 9.17) is 0 Å². The summed E-state index contributed by atoms with van der Waals surface area (Å²) in [5.41, 5.74) is 3.15. The Kier molecular flexibility index (Phi) is 3.49. The monoisotopic (exact) mass is 287 g/mol. The normalized spacial score (nSPS) is 14.6. The van der Waals surface area contributed by atoms with Gasteiger partial charge in [-0.05, 0) is 55.0 Å². The largest absolute Gasteiger partial charge is 0.279 e. The molecule has 104 valence electrons. The molecule has 0 atom stereocenters. The fraction of sp³-hybridized carbons (Fsp3) is 0.250. The Morgan fingerprint density at radius 1 is 0.850 bits per heavy atom. The van der Waals surface area contributed by atoms with Gasteiger partial charge in [0.25, 0.3) is 10.0 Å². The van der Waals surface area contributed by atoms with Crippen LogP contribution in [0.15, 0.2) is 53.4 Å². The summed E-state index contributed by atoms with van der Waals surface area (Å²) < 4.78 is 27.5. The molecule has 0 unspecified atom stereocenters. The van der Waals surface area contributed by atoms with E-state index < -0.39 is 10.0 Å². The van der Waals surface area contributed by atoms with Gasteiger partial charge in [-0.1, -0.05) is 30.3 Å². The Bertz CT molecular complexity index is 709. The van der Waals surface area contributed by atoms with Gasteiger partial charge in [0.05, 0.1) is 10.6 Å². The quantitative estimate of drug-likeness (QED) is 0.940. The molecule has 0 spiro atoms. The van der Waals surface area contributed by atoms with Crippen LogP contribution in [0, 0.1) is 0 Å². The number of hydrogen-bond donors (Lipinski definition) is 1. The lowest BCUT2D eigenvalue weighted by molar-refractivity contribution is 0.601. The Morgan fingerprint density at radius 2 is 1.60 bits per heavy atom. The third kappa shape index (κ3) is 2.56. The Hall–Kier alpha value is -1.81. The number of aryl methyl sites for hydroxylation is 1. The van der Waals surface area contributed by atoms with Gasteiger partial charge in [-0.2, -0.15) is 0 Å². The molecule has 0 radical (unpaired) electrons. The van der Waals surface area contributed by atoms with Crippen LogP contribution in [0.25, 0.3) is 0 Å². The van der Waals surface area contributed by atoms with Gasteiger partial charge in [-0.15, -0.1) is 0 Å². The molecule has 3 nitrogen and oxygen atoms in total. The van der Waals surface area contributed by atoms with E-state index in [1.165, 1.54) is 12.0 Å². The van der Waals surface area contributed by atoms with Crippen molar-refractivity contribution in [2.75, 3.05) is 4.72 Å². The summed E-state index contributed by atoms with van der Waals surface area (Å²) >= 11 is 0. The fourth-order valence-corrected chi connectivity index (χ4v) is 3.79. The second-order valence-electron chi connectivity index (χ2n) is 5.07. The molecule has 0 bridgehead atoms. The third-order valence-electron chi connectivity index (χ3n) is 3.69. The molecule has 2 aromatic rings. The van der Waals surface area contributed by atoms with E-state index in [1.807, 2.05) is 18.2 Å². The van der Waals surface area contributed by atoms with Crippen LogP contribution in [0.2, 0.25) is 0 Å². The summed E-state index contributed by atoms with van der Waals surface area (Å²) in [4.78, 5) is 0.299. The molecule has 0 saturated heterocycles. The highest BCUT2D eigenvalue weighted by molar-refractivity contribution is 7.92. The van der Waals surface area contributed by atoms with Gasteiger partial charge in [0.15, 0.2) is 0 Å². The first-order valence-electron chi connectivity index (χ1n) is 6.85.